The van der Waals surface area contributed by atoms with Crippen molar-refractivity contribution < 1.29 is 9.32 Å². The normalized spacial score (nSPS) is 16.4. The highest BCUT2D eigenvalue weighted by Gasteiger charge is 2.35. The quantitative estimate of drug-likeness (QED) is 0.497. The third-order valence-electron chi connectivity index (χ3n) is 5.68. The van der Waals surface area contributed by atoms with Crippen LogP contribution in [-0.2, 0) is 4.79 Å². The molecule has 3 heterocycles. The number of amides is 1. The van der Waals surface area contributed by atoms with Crippen LogP contribution in [0.2, 0.25) is 0 Å². The molecule has 9 heteroatoms. The number of aromatic amines is 1. The first-order valence-corrected chi connectivity index (χ1v) is 10.4. The number of benzene rings is 2. The maximum atomic E-state index is 12.5. The molecule has 32 heavy (non-hydrogen) atoms. The third kappa shape index (κ3) is 3.31. The number of carbonyl (C=O) groups excluding carboxylic acids is 1. The SMILES string of the molecule is CC(C)n1c(=O)c(=O)[nH]c2cc(-c3noc([C@@H]4CC(=O)N(c5ccccc5)C4)n3)ccc21. The van der Waals surface area contributed by atoms with Crippen molar-refractivity contribution in [3.8, 4) is 11.4 Å². The first-order chi connectivity index (χ1) is 15.4. The van der Waals surface area contributed by atoms with E-state index in [2.05, 4.69) is 15.1 Å². The van der Waals surface area contributed by atoms with Gasteiger partial charge in [-0.1, -0.05) is 23.4 Å². The Labute approximate surface area is 182 Å². The molecule has 5 rings (SSSR count). The average molecular weight is 431 g/mol. The lowest BCUT2D eigenvalue weighted by molar-refractivity contribution is -0.117. The number of carbonyl (C=O) groups is 1. The zero-order chi connectivity index (χ0) is 22.4. The van der Waals surface area contributed by atoms with Crippen molar-refractivity contribution in [2.75, 3.05) is 11.4 Å². The van der Waals surface area contributed by atoms with Crippen LogP contribution in [0.4, 0.5) is 5.69 Å². The van der Waals surface area contributed by atoms with E-state index in [-0.39, 0.29) is 17.9 Å². The van der Waals surface area contributed by atoms with E-state index >= 15 is 0 Å². The number of fused-ring (bicyclic) bond motifs is 1. The van der Waals surface area contributed by atoms with Gasteiger partial charge in [-0.25, -0.2) is 0 Å². The molecule has 9 nitrogen and oxygen atoms in total. The van der Waals surface area contributed by atoms with E-state index in [9.17, 15) is 14.4 Å². The molecule has 1 fully saturated rings. The number of rotatable bonds is 4. The van der Waals surface area contributed by atoms with E-state index in [1.165, 1.54) is 4.57 Å². The number of nitrogens with one attached hydrogen (secondary N) is 1. The van der Waals surface area contributed by atoms with Gasteiger partial charge in [0.05, 0.1) is 17.0 Å². The van der Waals surface area contributed by atoms with Gasteiger partial charge in [0.2, 0.25) is 17.6 Å². The maximum absolute atomic E-state index is 12.5. The van der Waals surface area contributed by atoms with Crippen LogP contribution in [0.3, 0.4) is 0 Å². The van der Waals surface area contributed by atoms with E-state index < -0.39 is 11.1 Å². The lowest BCUT2D eigenvalue weighted by Crippen LogP contribution is -2.37. The largest absolute Gasteiger partial charge is 0.339 e. The summed E-state index contributed by atoms with van der Waals surface area (Å²) in [5, 5.41) is 4.08. The second-order valence-electron chi connectivity index (χ2n) is 8.15. The van der Waals surface area contributed by atoms with Crippen molar-refractivity contribution in [2.45, 2.75) is 32.2 Å². The van der Waals surface area contributed by atoms with E-state index in [1.807, 2.05) is 44.2 Å². The Balaban J connectivity index is 1.46. The Hall–Kier alpha value is -4.01. The highest BCUT2D eigenvalue weighted by molar-refractivity contribution is 5.96. The molecule has 2 aromatic heterocycles. The summed E-state index contributed by atoms with van der Waals surface area (Å²) in [5.41, 5.74) is 1.35. The van der Waals surface area contributed by atoms with Gasteiger partial charge in [-0.05, 0) is 44.2 Å². The highest BCUT2D eigenvalue weighted by Crippen LogP contribution is 2.32. The molecule has 162 valence electrons. The lowest BCUT2D eigenvalue weighted by atomic mass is 10.1. The van der Waals surface area contributed by atoms with Gasteiger partial charge in [-0.15, -0.1) is 0 Å². The fraction of sp³-hybridized carbons (Fsp3) is 0.261. The number of anilines is 1. The van der Waals surface area contributed by atoms with Crippen LogP contribution >= 0.6 is 0 Å². The minimum Gasteiger partial charge on any atom is -0.339 e. The van der Waals surface area contributed by atoms with Gasteiger partial charge in [0, 0.05) is 30.3 Å². The zero-order valence-electron chi connectivity index (χ0n) is 17.6. The standard InChI is InChI=1S/C23H21N5O4/c1-13(2)28-18-9-8-14(10-17(18)24-21(30)23(28)31)20-25-22(32-26-20)15-11-19(29)27(12-15)16-6-4-3-5-7-16/h3-10,13,15H,11-12H2,1-2H3,(H,24,30)/t15-/m1/s1. The van der Waals surface area contributed by atoms with Gasteiger partial charge in [0.15, 0.2) is 0 Å². The summed E-state index contributed by atoms with van der Waals surface area (Å²) in [6.07, 6.45) is 0.294. The van der Waals surface area contributed by atoms with Gasteiger partial charge < -0.3 is 14.4 Å². The monoisotopic (exact) mass is 431 g/mol. The Bertz CT molecular complexity index is 1430. The molecule has 1 saturated heterocycles. The predicted molar refractivity (Wildman–Crippen MR) is 119 cm³/mol. The maximum Gasteiger partial charge on any atom is 0.316 e. The highest BCUT2D eigenvalue weighted by atomic mass is 16.5. The van der Waals surface area contributed by atoms with Crippen molar-refractivity contribution in [3.05, 3.63) is 75.1 Å². The van der Waals surface area contributed by atoms with Crippen molar-refractivity contribution in [2.24, 2.45) is 0 Å². The summed E-state index contributed by atoms with van der Waals surface area (Å²) in [6.45, 7) is 4.17. The minimum absolute atomic E-state index is 0.0101. The van der Waals surface area contributed by atoms with Crippen LogP contribution in [0.1, 0.15) is 38.1 Å². The number of aromatic nitrogens is 4. The molecule has 1 aliphatic heterocycles. The molecule has 0 saturated carbocycles. The van der Waals surface area contributed by atoms with E-state index in [4.69, 9.17) is 4.52 Å². The Morgan fingerprint density at radius 3 is 2.62 bits per heavy atom. The predicted octanol–water partition coefficient (Wildman–Crippen LogP) is 2.84. The van der Waals surface area contributed by atoms with Crippen LogP contribution in [-0.4, -0.2) is 32.1 Å². The average Bonchev–Trinajstić information content (AvgIpc) is 3.42. The molecular formula is C23H21N5O4. The summed E-state index contributed by atoms with van der Waals surface area (Å²) >= 11 is 0. The molecule has 0 radical (unpaired) electrons. The van der Waals surface area contributed by atoms with Crippen LogP contribution in [0.25, 0.3) is 22.4 Å². The molecule has 1 amide bonds. The summed E-state index contributed by atoms with van der Waals surface area (Å²) in [5.74, 6) is 0.564. The molecule has 1 N–H and O–H groups in total. The van der Waals surface area contributed by atoms with Crippen molar-refractivity contribution in [1.29, 1.82) is 0 Å². The van der Waals surface area contributed by atoms with Crippen molar-refractivity contribution >= 4 is 22.6 Å². The van der Waals surface area contributed by atoms with Gasteiger partial charge in [0.1, 0.15) is 0 Å². The first kappa shape index (κ1) is 19.9. The Morgan fingerprint density at radius 2 is 1.88 bits per heavy atom. The summed E-state index contributed by atoms with van der Waals surface area (Å²) < 4.78 is 6.95. The number of para-hydroxylation sites is 1. The fourth-order valence-electron chi connectivity index (χ4n) is 4.14. The van der Waals surface area contributed by atoms with E-state index in [0.717, 1.165) is 5.69 Å². The van der Waals surface area contributed by atoms with Crippen LogP contribution in [0.15, 0.2) is 62.6 Å². The molecule has 4 aromatic rings. The molecule has 0 aliphatic carbocycles. The van der Waals surface area contributed by atoms with Crippen molar-refractivity contribution in [3.63, 3.8) is 0 Å². The van der Waals surface area contributed by atoms with E-state index in [1.54, 1.807) is 23.1 Å². The minimum atomic E-state index is -0.678. The summed E-state index contributed by atoms with van der Waals surface area (Å²) in [7, 11) is 0. The second kappa shape index (κ2) is 7.60. The summed E-state index contributed by atoms with van der Waals surface area (Å²) in [4.78, 5) is 45.7. The van der Waals surface area contributed by atoms with Crippen molar-refractivity contribution in [1.82, 2.24) is 19.7 Å². The number of H-pyrrole nitrogens is 1. The van der Waals surface area contributed by atoms with Gasteiger partial charge in [-0.3, -0.25) is 19.0 Å². The number of hydrogen-bond acceptors (Lipinski definition) is 6. The number of hydrogen-bond donors (Lipinski definition) is 1. The molecule has 1 aliphatic rings. The van der Waals surface area contributed by atoms with Crippen LogP contribution in [0.5, 0.6) is 0 Å². The van der Waals surface area contributed by atoms with Crippen LogP contribution in [0, 0.1) is 0 Å². The Kier molecular flexibility index (Phi) is 4.73. The van der Waals surface area contributed by atoms with E-state index in [0.29, 0.717) is 41.3 Å². The molecule has 0 unspecified atom stereocenters. The Morgan fingerprint density at radius 1 is 1.09 bits per heavy atom. The van der Waals surface area contributed by atoms with Crippen LogP contribution < -0.4 is 16.0 Å². The van der Waals surface area contributed by atoms with Gasteiger partial charge in [-0.2, -0.15) is 4.98 Å². The topological polar surface area (TPSA) is 114 Å². The zero-order valence-corrected chi connectivity index (χ0v) is 17.6. The lowest BCUT2D eigenvalue weighted by Gasteiger charge is -2.15. The second-order valence-corrected chi connectivity index (χ2v) is 8.15. The summed E-state index contributed by atoms with van der Waals surface area (Å²) in [6, 6.07) is 14.6. The number of nitrogens with zero attached hydrogens (tertiary/aromatic N) is 4. The fourth-order valence-corrected chi connectivity index (χ4v) is 4.14. The molecule has 0 spiro atoms. The smallest absolute Gasteiger partial charge is 0.316 e. The molecule has 2 aromatic carbocycles. The van der Waals surface area contributed by atoms with Gasteiger partial charge in [0.25, 0.3) is 0 Å². The molecule has 1 atom stereocenters. The molecular weight excluding hydrogens is 410 g/mol. The third-order valence-corrected chi connectivity index (χ3v) is 5.68. The molecule has 0 bridgehead atoms. The first-order valence-electron chi connectivity index (χ1n) is 10.4. The van der Waals surface area contributed by atoms with Gasteiger partial charge >= 0.3 is 11.1 Å².